The Morgan fingerprint density at radius 1 is 1.14 bits per heavy atom. The number of carbonyl (C=O) groups excluding carboxylic acids is 2. The number of rotatable bonds is 7. The molecule has 1 aliphatic heterocycles. The fourth-order valence-electron chi connectivity index (χ4n) is 3.54. The molecule has 10 heteroatoms. The molecule has 1 amide bonds. The Morgan fingerprint density at radius 2 is 1.89 bits per heavy atom. The van der Waals surface area contributed by atoms with Crippen molar-refractivity contribution in [3.8, 4) is 5.75 Å². The average Bonchev–Trinajstić information content (AvgIpc) is 3.08. The number of halogens is 3. The van der Waals surface area contributed by atoms with E-state index in [4.69, 9.17) is 33.3 Å². The van der Waals surface area contributed by atoms with E-state index >= 15 is 0 Å². The van der Waals surface area contributed by atoms with Crippen LogP contribution in [0.5, 0.6) is 5.75 Å². The van der Waals surface area contributed by atoms with Gasteiger partial charge in [-0.25, -0.2) is 4.39 Å². The SMILES string of the molecule is COC(=O)CN1C(=S)N(c2ccc(Cl)cc2)C(=O)/C1=C/c1cc(Br)ccc1OCc1cccc(F)c1. The van der Waals surface area contributed by atoms with Gasteiger partial charge in [0.15, 0.2) is 5.11 Å². The molecule has 1 saturated heterocycles. The fraction of sp³-hybridized carbons (Fsp3) is 0.115. The van der Waals surface area contributed by atoms with E-state index in [2.05, 4.69) is 15.9 Å². The molecule has 0 atom stereocenters. The number of carbonyl (C=O) groups is 2. The minimum absolute atomic E-state index is 0.116. The number of hydrogen-bond acceptors (Lipinski definition) is 5. The second kappa shape index (κ2) is 11.2. The van der Waals surface area contributed by atoms with Crippen molar-refractivity contribution in [3.63, 3.8) is 0 Å². The molecule has 0 radical (unpaired) electrons. The van der Waals surface area contributed by atoms with Gasteiger partial charge in [0, 0.05) is 15.1 Å². The normalized spacial score (nSPS) is 14.5. The number of benzene rings is 3. The summed E-state index contributed by atoms with van der Waals surface area (Å²) in [5.74, 6) is -0.898. The van der Waals surface area contributed by atoms with Gasteiger partial charge >= 0.3 is 5.97 Å². The largest absolute Gasteiger partial charge is 0.488 e. The van der Waals surface area contributed by atoms with E-state index in [9.17, 15) is 14.0 Å². The molecule has 0 spiro atoms. The predicted molar refractivity (Wildman–Crippen MR) is 143 cm³/mol. The first-order valence-electron chi connectivity index (χ1n) is 10.6. The summed E-state index contributed by atoms with van der Waals surface area (Å²) in [6, 6.07) is 18.0. The highest BCUT2D eigenvalue weighted by Gasteiger charge is 2.40. The molecule has 184 valence electrons. The first kappa shape index (κ1) is 25.8. The first-order valence-corrected chi connectivity index (χ1v) is 12.2. The van der Waals surface area contributed by atoms with Crippen LogP contribution in [0.4, 0.5) is 10.1 Å². The topological polar surface area (TPSA) is 59.1 Å². The van der Waals surface area contributed by atoms with Crippen LogP contribution < -0.4 is 9.64 Å². The molecule has 1 heterocycles. The van der Waals surface area contributed by atoms with Crippen LogP contribution in [0, 0.1) is 5.82 Å². The Labute approximate surface area is 226 Å². The van der Waals surface area contributed by atoms with Gasteiger partial charge in [-0.2, -0.15) is 0 Å². The van der Waals surface area contributed by atoms with E-state index in [1.165, 1.54) is 29.0 Å². The number of nitrogens with zero attached hydrogens (tertiary/aromatic N) is 2. The van der Waals surface area contributed by atoms with Crippen molar-refractivity contribution in [1.82, 2.24) is 4.90 Å². The number of ether oxygens (including phenoxy) is 2. The standard InChI is InChI=1S/C26H19BrClFN2O4S/c1-34-24(32)14-30-22(25(33)31(26(30)36)21-8-6-19(28)7-9-21)13-17-12-18(27)5-10-23(17)35-15-16-3-2-4-20(29)11-16/h2-13H,14-15H2,1H3/b22-13-. The Kier molecular flexibility index (Phi) is 8.03. The van der Waals surface area contributed by atoms with Crippen molar-refractivity contribution in [3.05, 3.63) is 98.9 Å². The van der Waals surface area contributed by atoms with Crippen LogP contribution in [0.1, 0.15) is 11.1 Å². The van der Waals surface area contributed by atoms with Gasteiger partial charge in [0.1, 0.15) is 30.4 Å². The molecule has 0 unspecified atom stereocenters. The van der Waals surface area contributed by atoms with Gasteiger partial charge < -0.3 is 14.4 Å². The Morgan fingerprint density at radius 3 is 2.58 bits per heavy atom. The van der Waals surface area contributed by atoms with E-state index in [1.54, 1.807) is 60.7 Å². The van der Waals surface area contributed by atoms with Crippen LogP contribution >= 0.6 is 39.7 Å². The lowest BCUT2D eigenvalue weighted by molar-refractivity contribution is -0.140. The maximum absolute atomic E-state index is 13.6. The molecule has 6 nitrogen and oxygen atoms in total. The Bertz CT molecular complexity index is 1370. The molecule has 3 aromatic carbocycles. The minimum atomic E-state index is -0.564. The molecular weight excluding hydrogens is 571 g/mol. The summed E-state index contributed by atoms with van der Waals surface area (Å²) in [5, 5.41) is 0.629. The van der Waals surface area contributed by atoms with Crippen LogP contribution in [0.25, 0.3) is 6.08 Å². The lowest BCUT2D eigenvalue weighted by Gasteiger charge is -2.19. The summed E-state index contributed by atoms with van der Waals surface area (Å²) in [6.07, 6.45) is 1.60. The second-order valence-electron chi connectivity index (χ2n) is 7.69. The maximum atomic E-state index is 13.6. The van der Waals surface area contributed by atoms with Crippen molar-refractivity contribution in [2.24, 2.45) is 0 Å². The number of hydrogen-bond donors (Lipinski definition) is 0. The number of thiocarbonyl (C=S) groups is 1. The average molecular weight is 590 g/mol. The zero-order chi connectivity index (χ0) is 25.8. The molecule has 4 rings (SSSR count). The Hall–Kier alpha value is -3.27. The molecule has 36 heavy (non-hydrogen) atoms. The van der Waals surface area contributed by atoms with Crippen molar-refractivity contribution in [2.45, 2.75) is 6.61 Å². The maximum Gasteiger partial charge on any atom is 0.325 e. The van der Waals surface area contributed by atoms with Gasteiger partial charge in [0.05, 0.1) is 12.8 Å². The van der Waals surface area contributed by atoms with E-state index in [-0.39, 0.29) is 29.8 Å². The molecule has 1 fully saturated rings. The molecule has 0 N–H and O–H groups in total. The summed E-state index contributed by atoms with van der Waals surface area (Å²) in [5.41, 5.74) is 1.87. The predicted octanol–water partition coefficient (Wildman–Crippen LogP) is 5.97. The number of amides is 1. The highest BCUT2D eigenvalue weighted by molar-refractivity contribution is 9.10. The van der Waals surface area contributed by atoms with Gasteiger partial charge in [-0.1, -0.05) is 39.7 Å². The van der Waals surface area contributed by atoms with Gasteiger partial charge in [0.2, 0.25) is 0 Å². The fourth-order valence-corrected chi connectivity index (χ4v) is 4.40. The van der Waals surface area contributed by atoms with Crippen LogP contribution in [0.3, 0.4) is 0 Å². The minimum Gasteiger partial charge on any atom is -0.488 e. The van der Waals surface area contributed by atoms with Crippen LogP contribution in [-0.4, -0.2) is 35.5 Å². The van der Waals surface area contributed by atoms with Crippen molar-refractivity contribution < 1.29 is 23.5 Å². The first-order chi connectivity index (χ1) is 17.3. The third-order valence-corrected chi connectivity index (χ3v) is 6.43. The van der Waals surface area contributed by atoms with Crippen molar-refractivity contribution >= 4 is 68.5 Å². The highest BCUT2D eigenvalue weighted by Crippen LogP contribution is 2.33. The monoisotopic (exact) mass is 588 g/mol. The highest BCUT2D eigenvalue weighted by atomic mass is 79.9. The summed E-state index contributed by atoms with van der Waals surface area (Å²) >= 11 is 15.0. The third-order valence-electron chi connectivity index (χ3n) is 5.28. The molecule has 3 aromatic rings. The second-order valence-corrected chi connectivity index (χ2v) is 9.41. The van der Waals surface area contributed by atoms with Gasteiger partial charge in [0.25, 0.3) is 5.91 Å². The molecule has 0 bridgehead atoms. The molecule has 0 aliphatic carbocycles. The summed E-state index contributed by atoms with van der Waals surface area (Å²) in [6.45, 7) is -0.144. The number of methoxy groups -OCH3 is 1. The number of esters is 1. The van der Waals surface area contributed by atoms with Crippen molar-refractivity contribution in [1.29, 1.82) is 0 Å². The van der Waals surface area contributed by atoms with Crippen LogP contribution in [0.15, 0.2) is 76.9 Å². The third kappa shape index (κ3) is 5.75. The van der Waals surface area contributed by atoms with E-state index in [0.717, 1.165) is 4.47 Å². The van der Waals surface area contributed by atoms with Gasteiger partial charge in [-0.3, -0.25) is 14.5 Å². The molecular formula is C26H19BrClFN2O4S. The van der Waals surface area contributed by atoms with Crippen molar-refractivity contribution in [2.75, 3.05) is 18.6 Å². The lowest BCUT2D eigenvalue weighted by atomic mass is 10.1. The zero-order valence-corrected chi connectivity index (χ0v) is 22.1. The molecule has 0 aromatic heterocycles. The summed E-state index contributed by atoms with van der Waals surface area (Å²) in [4.78, 5) is 28.4. The number of anilines is 1. The van der Waals surface area contributed by atoms with E-state index in [1.807, 2.05) is 0 Å². The summed E-state index contributed by atoms with van der Waals surface area (Å²) < 4.78 is 25.1. The van der Waals surface area contributed by atoms with Crippen LogP contribution in [-0.2, 0) is 20.9 Å². The summed E-state index contributed by atoms with van der Waals surface area (Å²) in [7, 11) is 1.26. The van der Waals surface area contributed by atoms with Gasteiger partial charge in [-0.05, 0) is 78.5 Å². The lowest BCUT2D eigenvalue weighted by Crippen LogP contribution is -2.35. The molecule has 0 saturated carbocycles. The Balaban J connectivity index is 1.72. The van der Waals surface area contributed by atoms with E-state index in [0.29, 0.717) is 27.6 Å². The van der Waals surface area contributed by atoms with E-state index < -0.39 is 11.9 Å². The van der Waals surface area contributed by atoms with Gasteiger partial charge in [-0.15, -0.1) is 0 Å². The zero-order valence-electron chi connectivity index (χ0n) is 18.9. The quantitative estimate of drug-likeness (QED) is 0.192. The molecule has 1 aliphatic rings. The van der Waals surface area contributed by atoms with Crippen LogP contribution in [0.2, 0.25) is 5.02 Å². The smallest absolute Gasteiger partial charge is 0.325 e.